The second kappa shape index (κ2) is 20.5. The third kappa shape index (κ3) is 13.6. The van der Waals surface area contributed by atoms with Crippen LogP contribution >= 0.6 is 9.24 Å². The van der Waals surface area contributed by atoms with Crippen molar-refractivity contribution >= 4 is 21.3 Å². The number of hydrogen-bond donors (Lipinski definition) is 1. The summed E-state index contributed by atoms with van der Waals surface area (Å²) in [5, 5.41) is -3.36. The van der Waals surface area contributed by atoms with Crippen LogP contribution in [0.15, 0.2) is 99.7 Å². The summed E-state index contributed by atoms with van der Waals surface area (Å²) in [6, 6.07) is 11.5. The standard InChI is InChI=1S/C24H33N3O.C10H11F4P.C2H6/c1-8-20(21(9-2)16-26-6)15-22(17(3)4)27-24(25)13-12-19-11-10-18(5)23(14-19)28-7;1-2-7-3-5-8(6-4-7)9(11,15)10(12,13)14;1-2/h8-11,14-16H,3,12-13H2,1-2,4-7H3,(H2,25,27);3-6H,2,15H2,1H3;1-2H3/b20-8+,21-9+,22-15+,26-16?;;. The zero-order valence-corrected chi connectivity index (χ0v) is 29.3. The molecule has 0 radical (unpaired) electrons. The molecule has 0 fully saturated rings. The van der Waals surface area contributed by atoms with Gasteiger partial charge in [-0.05, 0) is 86.1 Å². The Bertz CT molecular complexity index is 1370. The van der Waals surface area contributed by atoms with Crippen LogP contribution in [0.5, 0.6) is 5.75 Å². The predicted molar refractivity (Wildman–Crippen MR) is 188 cm³/mol. The van der Waals surface area contributed by atoms with Crippen LogP contribution in [-0.2, 0) is 18.3 Å². The molecule has 0 aliphatic rings. The van der Waals surface area contributed by atoms with Gasteiger partial charge >= 0.3 is 6.18 Å². The first kappa shape index (κ1) is 41.5. The monoisotopic (exact) mass is 647 g/mol. The van der Waals surface area contributed by atoms with Crippen LogP contribution in [0.3, 0.4) is 0 Å². The van der Waals surface area contributed by atoms with Gasteiger partial charge in [-0.15, -0.1) is 0 Å². The largest absolute Gasteiger partial charge is 0.496 e. The molecule has 2 aromatic carbocycles. The molecule has 0 bridgehead atoms. The smallest absolute Gasteiger partial charge is 0.430 e. The van der Waals surface area contributed by atoms with Gasteiger partial charge in [-0.2, -0.15) is 13.2 Å². The van der Waals surface area contributed by atoms with Gasteiger partial charge in [0.25, 0.3) is 0 Å². The zero-order valence-electron chi connectivity index (χ0n) is 28.1. The van der Waals surface area contributed by atoms with Crippen LogP contribution in [-0.4, -0.2) is 32.4 Å². The van der Waals surface area contributed by atoms with Gasteiger partial charge in [0, 0.05) is 25.2 Å². The lowest BCUT2D eigenvalue weighted by atomic mass is 10.0. The van der Waals surface area contributed by atoms with Crippen LogP contribution in [0.2, 0.25) is 0 Å². The molecule has 2 aromatic rings. The van der Waals surface area contributed by atoms with Gasteiger partial charge in [0.2, 0.25) is 5.41 Å². The van der Waals surface area contributed by atoms with E-state index in [1.165, 1.54) is 39.1 Å². The molecule has 0 amide bonds. The number of halogens is 4. The first-order valence-electron chi connectivity index (χ1n) is 14.9. The average Bonchev–Trinajstić information content (AvgIpc) is 3.02. The van der Waals surface area contributed by atoms with Crippen LogP contribution in [0, 0.1) is 6.92 Å². The molecule has 2 rings (SSSR count). The fraction of sp³-hybridized carbons (Fsp3) is 0.389. The first-order chi connectivity index (χ1) is 21.1. The summed E-state index contributed by atoms with van der Waals surface area (Å²) in [6.45, 7) is 17.9. The van der Waals surface area contributed by atoms with Gasteiger partial charge in [-0.25, -0.2) is 9.38 Å². The summed E-state index contributed by atoms with van der Waals surface area (Å²) in [5.74, 6) is 1.47. The molecule has 0 saturated carbocycles. The maximum absolute atomic E-state index is 13.4. The third-order valence-electron chi connectivity index (χ3n) is 6.55. The van der Waals surface area contributed by atoms with E-state index in [2.05, 4.69) is 34.8 Å². The highest BCUT2D eigenvalue weighted by molar-refractivity contribution is 7.18. The summed E-state index contributed by atoms with van der Waals surface area (Å²) in [5.41, 5.74) is 12.7. The van der Waals surface area contributed by atoms with E-state index in [-0.39, 0.29) is 0 Å². The summed E-state index contributed by atoms with van der Waals surface area (Å²) in [4.78, 5) is 8.74. The summed E-state index contributed by atoms with van der Waals surface area (Å²) in [6.07, 6.45) is 5.15. The first-order valence-corrected chi connectivity index (χ1v) is 15.5. The SMILES string of the molecule is C=C(C)\C(=C/C(=C\C)C(/C=NC)=C/C)N=C(N)CCc1ccc(C)c(OC)c1.CC.CCc1ccc(C(F)(P)C(F)(F)F)cc1. The van der Waals surface area contributed by atoms with Gasteiger partial charge in [0.05, 0.1) is 18.6 Å². The Labute approximate surface area is 270 Å². The number of amidine groups is 1. The van der Waals surface area contributed by atoms with Crippen molar-refractivity contribution in [2.45, 2.75) is 79.3 Å². The Hall–Kier alpha value is -3.51. The average molecular weight is 648 g/mol. The maximum Gasteiger partial charge on any atom is 0.430 e. The highest BCUT2D eigenvalue weighted by atomic mass is 31.0. The highest BCUT2D eigenvalue weighted by Crippen LogP contribution is 2.47. The molecule has 248 valence electrons. The van der Waals surface area contributed by atoms with E-state index < -0.39 is 17.1 Å². The number of hydrogen-bond acceptors (Lipinski definition) is 3. The van der Waals surface area contributed by atoms with Crippen molar-refractivity contribution in [1.82, 2.24) is 0 Å². The van der Waals surface area contributed by atoms with Crippen molar-refractivity contribution in [1.29, 1.82) is 0 Å². The van der Waals surface area contributed by atoms with Gasteiger partial charge in [-0.1, -0.05) is 85.1 Å². The summed E-state index contributed by atoms with van der Waals surface area (Å²) >= 11 is 0. The van der Waals surface area contributed by atoms with Gasteiger partial charge in [0.15, 0.2) is 0 Å². The molecule has 45 heavy (non-hydrogen) atoms. The van der Waals surface area contributed by atoms with Gasteiger partial charge in [0.1, 0.15) is 5.75 Å². The van der Waals surface area contributed by atoms with Crippen molar-refractivity contribution in [2.24, 2.45) is 15.7 Å². The van der Waals surface area contributed by atoms with Gasteiger partial charge < -0.3 is 10.5 Å². The lowest BCUT2D eigenvalue weighted by Crippen LogP contribution is -2.31. The van der Waals surface area contributed by atoms with Crippen LogP contribution < -0.4 is 10.5 Å². The highest BCUT2D eigenvalue weighted by Gasteiger charge is 2.53. The van der Waals surface area contributed by atoms with Crippen LogP contribution in [0.25, 0.3) is 0 Å². The second-order valence-electron chi connectivity index (χ2n) is 9.85. The van der Waals surface area contributed by atoms with Crippen LogP contribution in [0.1, 0.15) is 70.2 Å². The number of aryl methyl sites for hydroxylation is 3. The Balaban J connectivity index is 0.000000955. The number of ether oxygens (including phenoxy) is 1. The zero-order chi connectivity index (χ0) is 34.8. The number of nitrogens with zero attached hydrogens (tertiary/aromatic N) is 2. The van der Waals surface area contributed by atoms with E-state index in [4.69, 9.17) is 10.5 Å². The molecule has 0 saturated heterocycles. The third-order valence-corrected chi connectivity index (χ3v) is 7.21. The molecule has 0 heterocycles. The van der Waals surface area contributed by atoms with Crippen molar-refractivity contribution in [3.05, 3.63) is 112 Å². The van der Waals surface area contributed by atoms with E-state index in [0.29, 0.717) is 18.7 Å². The predicted octanol–water partition coefficient (Wildman–Crippen LogP) is 10.2. The Morgan fingerprint density at radius 2 is 1.56 bits per heavy atom. The topological polar surface area (TPSA) is 60.0 Å². The molecule has 2 N–H and O–H groups in total. The Morgan fingerprint density at radius 3 is 2.00 bits per heavy atom. The second-order valence-corrected chi connectivity index (χ2v) is 10.6. The summed E-state index contributed by atoms with van der Waals surface area (Å²) in [7, 11) is 4.66. The normalized spacial score (nSPS) is 14.2. The molecular weight excluding hydrogens is 597 g/mol. The number of aliphatic imine (C=N–C) groups is 2. The number of methoxy groups -OCH3 is 1. The molecule has 0 spiro atoms. The van der Waals surface area contributed by atoms with Crippen molar-refractivity contribution in [3.63, 3.8) is 0 Å². The quantitative estimate of drug-likeness (QED) is 0.0868. The lowest BCUT2D eigenvalue weighted by Gasteiger charge is -2.23. The molecule has 2 unspecified atom stereocenters. The van der Waals surface area contributed by atoms with Crippen LogP contribution in [0.4, 0.5) is 17.6 Å². The van der Waals surface area contributed by atoms with E-state index >= 15 is 0 Å². The molecule has 0 aliphatic carbocycles. The number of alkyl halides is 4. The number of allylic oxidation sites excluding steroid dienone is 6. The molecular formula is C36H50F4N3OP. The minimum absolute atomic E-state index is 0.391. The van der Waals surface area contributed by atoms with E-state index in [1.807, 2.05) is 72.9 Å². The maximum atomic E-state index is 13.4. The van der Waals surface area contributed by atoms with Gasteiger partial charge in [-0.3, -0.25) is 4.99 Å². The molecule has 0 aromatic heterocycles. The number of nitrogens with two attached hydrogens (primary N) is 1. The Kier molecular flexibility index (Phi) is 18.9. The number of benzene rings is 2. The molecule has 0 aliphatic heterocycles. The lowest BCUT2D eigenvalue weighted by molar-refractivity contribution is -0.199. The number of rotatable bonds is 11. The van der Waals surface area contributed by atoms with E-state index in [1.54, 1.807) is 14.2 Å². The van der Waals surface area contributed by atoms with Crippen molar-refractivity contribution in [3.8, 4) is 5.75 Å². The minimum Gasteiger partial charge on any atom is -0.496 e. The Morgan fingerprint density at radius 1 is 1.00 bits per heavy atom. The molecule has 2 atom stereocenters. The van der Waals surface area contributed by atoms with Crippen molar-refractivity contribution in [2.75, 3.05) is 14.2 Å². The van der Waals surface area contributed by atoms with Crippen molar-refractivity contribution < 1.29 is 22.3 Å². The fourth-order valence-corrected chi connectivity index (χ4v) is 4.03. The molecule has 4 nitrogen and oxygen atoms in total. The summed E-state index contributed by atoms with van der Waals surface area (Å²) < 4.78 is 55.7. The fourth-order valence-electron chi connectivity index (χ4n) is 3.84. The van der Waals surface area contributed by atoms with E-state index in [0.717, 1.165) is 45.7 Å². The minimum atomic E-state index is -4.91. The molecule has 9 heteroatoms. The van der Waals surface area contributed by atoms with E-state index in [9.17, 15) is 17.6 Å².